The van der Waals surface area contributed by atoms with Crippen molar-refractivity contribution in [2.24, 2.45) is 17.2 Å². The van der Waals surface area contributed by atoms with Gasteiger partial charge < -0.3 is 53.2 Å². The average molecular weight is 907 g/mol. The number of benzene rings is 3. The molecule has 11 N–H and O–H groups in total. The number of nitrogens with one attached hydrogen (secondary N) is 4. The Morgan fingerprint density at radius 3 is 2.27 bits per heavy atom. The van der Waals surface area contributed by atoms with Crippen molar-refractivity contribution in [1.29, 1.82) is 0 Å². The number of hydrogen-bond donors (Lipinski definition) is 8. The Kier molecular flexibility index (Phi) is 19.8. The number of allylic oxidation sites excluding steroid dienone is 4. The van der Waals surface area contributed by atoms with Gasteiger partial charge in [0, 0.05) is 36.7 Å². The van der Waals surface area contributed by atoms with Gasteiger partial charge in [0.05, 0.1) is 6.04 Å². The average Bonchev–Trinajstić information content (AvgIpc) is 3.30. The molecule has 3 aromatic rings. The van der Waals surface area contributed by atoms with Crippen LogP contribution in [0.15, 0.2) is 91.0 Å². The number of fused-ring (bicyclic) bond motifs is 5. The summed E-state index contributed by atoms with van der Waals surface area (Å²) in [4.78, 5) is 84.4. The molecule has 0 saturated carbocycles. The van der Waals surface area contributed by atoms with E-state index in [1.54, 1.807) is 49.4 Å². The minimum absolute atomic E-state index is 0.0562. The quantitative estimate of drug-likeness (QED) is 0.0464. The lowest BCUT2D eigenvalue weighted by atomic mass is 9.90. The van der Waals surface area contributed by atoms with Gasteiger partial charge in [-0.2, -0.15) is 0 Å². The summed E-state index contributed by atoms with van der Waals surface area (Å²) in [6, 6.07) is 11.8. The summed E-state index contributed by atoms with van der Waals surface area (Å²) in [5.41, 5.74) is 21.8. The van der Waals surface area contributed by atoms with Crippen LogP contribution in [-0.4, -0.2) is 103 Å². The molecule has 5 atom stereocenters. The summed E-state index contributed by atoms with van der Waals surface area (Å²) in [5.74, 6) is -3.32. The number of aromatic hydroxyl groups is 1. The van der Waals surface area contributed by atoms with Gasteiger partial charge >= 0.3 is 0 Å². The number of nitrogens with two attached hydrogens (primary N) is 3. The van der Waals surface area contributed by atoms with E-state index in [0.717, 1.165) is 11.1 Å². The third-order valence-corrected chi connectivity index (χ3v) is 11.4. The Morgan fingerprint density at radius 1 is 0.909 bits per heavy atom. The molecule has 0 fully saturated rings. The second-order valence-corrected chi connectivity index (χ2v) is 16.5. The van der Waals surface area contributed by atoms with Crippen LogP contribution in [0.5, 0.6) is 11.5 Å². The van der Waals surface area contributed by atoms with Gasteiger partial charge in [-0.15, -0.1) is 0 Å². The van der Waals surface area contributed by atoms with Crippen molar-refractivity contribution in [3.8, 4) is 22.6 Å². The van der Waals surface area contributed by atoms with Crippen molar-refractivity contribution in [3.63, 3.8) is 0 Å². The summed E-state index contributed by atoms with van der Waals surface area (Å²) in [6.45, 7) is 10.8. The van der Waals surface area contributed by atoms with Gasteiger partial charge in [0.25, 0.3) is 0 Å². The predicted molar refractivity (Wildman–Crippen MR) is 256 cm³/mol. The first-order valence-corrected chi connectivity index (χ1v) is 22.3. The molecule has 0 aliphatic carbocycles. The number of phenols is 1. The summed E-state index contributed by atoms with van der Waals surface area (Å²) >= 11 is 0. The van der Waals surface area contributed by atoms with Crippen molar-refractivity contribution < 1.29 is 38.6 Å². The number of amides is 5. The highest BCUT2D eigenvalue weighted by Gasteiger charge is 2.37. The summed E-state index contributed by atoms with van der Waals surface area (Å²) in [7, 11) is 1.44. The zero-order valence-electron chi connectivity index (χ0n) is 38.7. The number of rotatable bonds is 20. The third-order valence-electron chi connectivity index (χ3n) is 11.4. The Hall–Kier alpha value is -6.62. The molecule has 1 aliphatic heterocycles. The largest absolute Gasteiger partial charge is 0.507 e. The summed E-state index contributed by atoms with van der Waals surface area (Å²) in [5, 5.41) is 22.5. The van der Waals surface area contributed by atoms with E-state index in [4.69, 9.17) is 21.9 Å². The van der Waals surface area contributed by atoms with Crippen LogP contribution in [0.1, 0.15) is 81.7 Å². The molecule has 66 heavy (non-hydrogen) atoms. The monoisotopic (exact) mass is 907 g/mol. The number of hydrogen-bond acceptors (Lipinski definition) is 11. The van der Waals surface area contributed by atoms with Crippen molar-refractivity contribution in [2.45, 2.75) is 96.4 Å². The van der Waals surface area contributed by atoms with Crippen molar-refractivity contribution in [1.82, 2.24) is 26.2 Å². The normalized spacial score (nSPS) is 17.5. The number of Topliss-reactive ketones (excluding diaryl/α,β-unsaturated/α-hetero) is 1. The lowest BCUT2D eigenvalue weighted by Crippen LogP contribution is -2.56. The molecular weight excluding hydrogens is 841 g/mol. The van der Waals surface area contributed by atoms with E-state index in [-0.39, 0.29) is 43.1 Å². The highest BCUT2D eigenvalue weighted by molar-refractivity contribution is 5.99. The molecule has 4 rings (SSSR count). The molecular formula is C50H66N8O8. The first-order valence-electron chi connectivity index (χ1n) is 22.3. The van der Waals surface area contributed by atoms with Crippen LogP contribution >= 0.6 is 0 Å². The van der Waals surface area contributed by atoms with Crippen LogP contribution in [0.25, 0.3) is 16.7 Å². The topological polar surface area (TPSA) is 261 Å². The first kappa shape index (κ1) is 52.0. The van der Waals surface area contributed by atoms with Crippen LogP contribution in [-0.2, 0) is 41.6 Å². The fourth-order valence-electron chi connectivity index (χ4n) is 7.47. The van der Waals surface area contributed by atoms with E-state index in [0.29, 0.717) is 72.3 Å². The van der Waals surface area contributed by atoms with Gasteiger partial charge in [-0.05, 0) is 125 Å². The van der Waals surface area contributed by atoms with Crippen LogP contribution < -0.4 is 43.2 Å². The molecule has 0 aromatic heterocycles. The highest BCUT2D eigenvalue weighted by Crippen LogP contribution is 2.42. The van der Waals surface area contributed by atoms with Crippen molar-refractivity contribution >= 4 is 40.9 Å². The van der Waals surface area contributed by atoms with Gasteiger partial charge in [0.2, 0.25) is 29.5 Å². The minimum Gasteiger partial charge on any atom is -0.507 e. The SMILES string of the molecule is C=C/C(=C\C=C(/C)C(=O)N[C@@H](CCCCN)C(=O)N(C)[C@@H]1C(=O)N[C@@H](C)C(=O)N[C@H](C(=O)N[C@@H](C)C(C)=O)Cc2ccc(O)c(c2)-c2cc1cc(CCCN)c2OCCN)c1ccccc1. The number of aryl methyl sites for hydroxylation is 1. The second kappa shape index (κ2) is 25.2. The molecule has 1 aliphatic rings. The van der Waals surface area contributed by atoms with Gasteiger partial charge in [-0.1, -0.05) is 61.2 Å². The maximum atomic E-state index is 14.9. The smallest absolute Gasteiger partial charge is 0.248 e. The zero-order valence-corrected chi connectivity index (χ0v) is 38.7. The molecule has 5 amide bonds. The van der Waals surface area contributed by atoms with Crippen LogP contribution in [0.2, 0.25) is 0 Å². The fourth-order valence-corrected chi connectivity index (χ4v) is 7.47. The van der Waals surface area contributed by atoms with Crippen LogP contribution in [0.3, 0.4) is 0 Å². The van der Waals surface area contributed by atoms with E-state index in [1.807, 2.05) is 30.3 Å². The number of unbranched alkanes of at least 4 members (excludes halogenated alkanes) is 1. The molecule has 0 saturated heterocycles. The Balaban J connectivity index is 1.90. The van der Waals surface area contributed by atoms with Gasteiger partial charge in [-0.3, -0.25) is 28.8 Å². The Morgan fingerprint density at radius 2 is 1.62 bits per heavy atom. The van der Waals surface area contributed by atoms with Gasteiger partial charge in [0.1, 0.15) is 42.3 Å². The molecule has 0 unspecified atom stereocenters. The molecule has 0 spiro atoms. The van der Waals surface area contributed by atoms with Crippen molar-refractivity contribution in [3.05, 3.63) is 113 Å². The third kappa shape index (κ3) is 13.9. The molecule has 3 aromatic carbocycles. The number of nitrogens with zero attached hydrogens (tertiary/aromatic N) is 1. The van der Waals surface area contributed by atoms with Crippen LogP contribution in [0, 0.1) is 0 Å². The predicted octanol–water partition coefficient (Wildman–Crippen LogP) is 3.26. The van der Waals surface area contributed by atoms with E-state index in [9.17, 15) is 33.9 Å². The lowest BCUT2D eigenvalue weighted by Gasteiger charge is -2.33. The summed E-state index contributed by atoms with van der Waals surface area (Å²) < 4.78 is 6.28. The standard InChI is InChI=1S/C50H66N8O8/c1-7-35(36-14-9-8-10-15-36)20-18-30(2)46(61)56-41(17-11-12-22-51)50(65)58(6)44-38-28-37(16-13-23-52)45(66-25-24-53)40(29-38)39-26-34(19-21-43(39)60)27-42(48(63)54-31(3)33(5)59)57-47(62)32(4)55-49(44)64/h7-10,14-15,18-21,26,28-29,31-32,41-42,44,60H,1,11-13,16-17,22-25,27,51-53H2,2-6H3,(H,54,63)(H,55,64)(H,56,61)(H,57,62)/b30-18+,35-20+/t31-,32-,41-,42-,44-/m0/s1. The maximum absolute atomic E-state index is 14.9. The molecule has 4 bridgehead atoms. The van der Waals surface area contributed by atoms with E-state index < -0.39 is 59.7 Å². The molecule has 16 nitrogen and oxygen atoms in total. The van der Waals surface area contributed by atoms with Crippen molar-refractivity contribution in [2.75, 3.05) is 33.3 Å². The van der Waals surface area contributed by atoms with E-state index in [1.165, 1.54) is 38.8 Å². The fraction of sp³-hybridized carbons (Fsp3) is 0.400. The summed E-state index contributed by atoms with van der Waals surface area (Å²) in [6.07, 6.45) is 7.13. The molecule has 16 heteroatoms. The number of phenolic OH excluding ortho intramolecular Hbond substituents is 1. The Labute approximate surface area is 387 Å². The van der Waals surface area contributed by atoms with Gasteiger partial charge in [-0.25, -0.2) is 0 Å². The number of carbonyl (C=O) groups excluding carboxylic acids is 6. The molecule has 354 valence electrons. The second-order valence-electron chi connectivity index (χ2n) is 16.5. The minimum atomic E-state index is -1.43. The highest BCUT2D eigenvalue weighted by atomic mass is 16.5. The number of ketones is 1. The lowest BCUT2D eigenvalue weighted by molar-refractivity contribution is -0.142. The van der Waals surface area contributed by atoms with Crippen LogP contribution in [0.4, 0.5) is 0 Å². The van der Waals surface area contributed by atoms with E-state index in [2.05, 4.69) is 27.8 Å². The number of likely N-dealkylation sites (N-methyl/N-ethyl adjacent to an activating group) is 1. The Bertz CT molecular complexity index is 2290. The maximum Gasteiger partial charge on any atom is 0.248 e. The molecule has 0 radical (unpaired) electrons. The number of carbonyl (C=O) groups is 6. The molecule has 1 heterocycles. The van der Waals surface area contributed by atoms with E-state index >= 15 is 0 Å². The number of ether oxygens (including phenoxy) is 1. The van der Waals surface area contributed by atoms with Gasteiger partial charge in [0.15, 0.2) is 5.78 Å². The zero-order chi connectivity index (χ0) is 48.5. The first-order chi connectivity index (χ1) is 31.5.